The normalized spacial score (nSPS) is 22.7. The predicted octanol–water partition coefficient (Wildman–Crippen LogP) is 5.20. The average molecular weight is 618 g/mol. The number of amides is 2. The fraction of sp³-hybridized carbons (Fsp3) is 0.529. The number of aromatic nitrogens is 4. The standard InChI is InChI=1S/C34H44FN7O3/c1-20-24-11-10-21-17-27(42(30(21)38-24)15-9-7-6-8-13-34(2,3)33(44)37-20)31-39-25-16-22(18-28(45-5)29(25)41(31)4)32(43)40-26-19-36-14-12-23(26)35/h10-11,16-18,20,23,26,36H,6-9,12-15,19H2,1-5H3,(H,37,44)(H,40,43)/t20-,23-,26+/m1/s1. The van der Waals surface area contributed by atoms with Crippen LogP contribution in [0.25, 0.3) is 33.6 Å². The molecule has 0 saturated carbocycles. The summed E-state index contributed by atoms with van der Waals surface area (Å²) < 4.78 is 24.4. The molecule has 5 heterocycles. The Morgan fingerprint density at radius 2 is 1.93 bits per heavy atom. The van der Waals surface area contributed by atoms with Crippen LogP contribution in [-0.2, 0) is 18.4 Å². The van der Waals surface area contributed by atoms with Gasteiger partial charge in [0.15, 0.2) is 5.82 Å². The highest BCUT2D eigenvalue weighted by Gasteiger charge is 2.30. The number of ether oxygens (including phenoxy) is 1. The number of benzene rings is 1. The molecule has 11 heteroatoms. The number of carbonyl (C=O) groups excluding carboxylic acids is 2. The molecule has 2 bridgehead atoms. The van der Waals surface area contributed by atoms with Crippen LogP contribution in [0.5, 0.6) is 5.75 Å². The van der Waals surface area contributed by atoms with E-state index in [0.717, 1.165) is 72.4 Å². The minimum absolute atomic E-state index is 0.0478. The van der Waals surface area contributed by atoms with E-state index in [1.165, 1.54) is 0 Å². The maximum Gasteiger partial charge on any atom is 0.251 e. The van der Waals surface area contributed by atoms with Crippen LogP contribution in [0.3, 0.4) is 0 Å². The summed E-state index contributed by atoms with van der Waals surface area (Å²) in [5.41, 5.74) is 3.89. The van der Waals surface area contributed by atoms with Crippen molar-refractivity contribution in [3.63, 3.8) is 0 Å². The first-order chi connectivity index (χ1) is 21.6. The third-order valence-corrected chi connectivity index (χ3v) is 9.46. The minimum Gasteiger partial charge on any atom is -0.494 e. The lowest BCUT2D eigenvalue weighted by Gasteiger charge is -2.27. The molecule has 0 spiro atoms. The molecule has 6 rings (SSSR count). The number of nitrogens with zero attached hydrogens (tertiary/aromatic N) is 4. The van der Waals surface area contributed by atoms with Crippen LogP contribution < -0.4 is 20.7 Å². The zero-order valence-electron chi connectivity index (χ0n) is 26.9. The van der Waals surface area contributed by atoms with Crippen molar-refractivity contribution in [3.05, 3.63) is 41.6 Å². The van der Waals surface area contributed by atoms with E-state index in [4.69, 9.17) is 14.7 Å². The van der Waals surface area contributed by atoms with Crippen molar-refractivity contribution in [2.75, 3.05) is 20.2 Å². The van der Waals surface area contributed by atoms with Gasteiger partial charge in [0.1, 0.15) is 23.1 Å². The van der Waals surface area contributed by atoms with Crippen LogP contribution in [0.15, 0.2) is 30.3 Å². The molecule has 3 N–H and O–H groups in total. The minimum atomic E-state index is -1.09. The highest BCUT2D eigenvalue weighted by atomic mass is 19.1. The number of imidazole rings is 1. The number of methoxy groups -OCH3 is 1. The number of nitrogens with one attached hydrogen (secondary N) is 3. The molecule has 3 aromatic heterocycles. The first kappa shape index (κ1) is 31.0. The van der Waals surface area contributed by atoms with E-state index in [1.807, 2.05) is 38.5 Å². The van der Waals surface area contributed by atoms with Crippen molar-refractivity contribution < 1.29 is 18.7 Å². The summed E-state index contributed by atoms with van der Waals surface area (Å²) in [6.45, 7) is 7.78. The van der Waals surface area contributed by atoms with Gasteiger partial charge in [0.2, 0.25) is 5.91 Å². The van der Waals surface area contributed by atoms with Crippen molar-refractivity contribution in [2.24, 2.45) is 12.5 Å². The molecule has 4 aromatic rings. The van der Waals surface area contributed by atoms with Gasteiger partial charge >= 0.3 is 0 Å². The monoisotopic (exact) mass is 617 g/mol. The second kappa shape index (κ2) is 12.4. The van der Waals surface area contributed by atoms with Crippen LogP contribution in [0, 0.1) is 5.41 Å². The van der Waals surface area contributed by atoms with Crippen LogP contribution in [0.1, 0.15) is 81.4 Å². The highest BCUT2D eigenvalue weighted by Crippen LogP contribution is 2.35. The lowest BCUT2D eigenvalue weighted by molar-refractivity contribution is -0.130. The molecule has 1 aromatic carbocycles. The smallest absolute Gasteiger partial charge is 0.251 e. The SMILES string of the molecule is COc1cc(C(=O)N[C@H]2CNCC[C@H]2F)cc2nc(-c3cc4ccc5nc4n3CCCCCCC(C)(C)C(=O)N[C@@H]5C)n(C)c12. The largest absolute Gasteiger partial charge is 0.494 e. The molecule has 1 saturated heterocycles. The second-order valence-corrected chi connectivity index (χ2v) is 13.2. The molecule has 0 radical (unpaired) electrons. The molecular weight excluding hydrogens is 573 g/mol. The Morgan fingerprint density at radius 1 is 1.13 bits per heavy atom. The van der Waals surface area contributed by atoms with E-state index >= 15 is 0 Å². The number of alkyl halides is 1. The van der Waals surface area contributed by atoms with Gasteiger partial charge in [-0.05, 0) is 63.1 Å². The topological polar surface area (TPSA) is 115 Å². The Kier molecular flexibility index (Phi) is 8.56. The van der Waals surface area contributed by atoms with Crippen LogP contribution >= 0.6 is 0 Å². The molecular formula is C34H44FN7O3. The number of rotatable bonds is 4. The summed E-state index contributed by atoms with van der Waals surface area (Å²) >= 11 is 0. The molecule has 0 unspecified atom stereocenters. The summed E-state index contributed by atoms with van der Waals surface area (Å²) in [7, 11) is 3.52. The second-order valence-electron chi connectivity index (χ2n) is 13.2. The van der Waals surface area contributed by atoms with Crippen LogP contribution in [0.4, 0.5) is 4.39 Å². The maximum absolute atomic E-state index is 14.5. The number of hydrogen-bond donors (Lipinski definition) is 3. The van der Waals surface area contributed by atoms with Gasteiger partial charge in [0.25, 0.3) is 5.91 Å². The first-order valence-corrected chi connectivity index (χ1v) is 16.1. The van der Waals surface area contributed by atoms with Gasteiger partial charge in [0, 0.05) is 36.5 Å². The molecule has 2 aliphatic heterocycles. The Bertz CT molecular complexity index is 1740. The molecule has 240 valence electrons. The number of fused-ring (bicyclic) bond motifs is 2. The molecule has 2 aliphatic rings. The Hall–Kier alpha value is -3.99. The number of halogens is 1. The molecule has 2 amide bonds. The van der Waals surface area contributed by atoms with Gasteiger partial charge in [-0.15, -0.1) is 0 Å². The Morgan fingerprint density at radius 3 is 2.71 bits per heavy atom. The van der Waals surface area contributed by atoms with Gasteiger partial charge < -0.3 is 29.8 Å². The number of aryl methyl sites for hydroxylation is 2. The first-order valence-electron chi connectivity index (χ1n) is 16.1. The zero-order chi connectivity index (χ0) is 31.9. The van der Waals surface area contributed by atoms with Crippen LogP contribution in [-0.4, -0.2) is 63.3 Å². The summed E-state index contributed by atoms with van der Waals surface area (Å²) in [6.07, 6.45) is 4.17. The molecule has 45 heavy (non-hydrogen) atoms. The predicted molar refractivity (Wildman–Crippen MR) is 173 cm³/mol. The van der Waals surface area contributed by atoms with E-state index in [-0.39, 0.29) is 17.9 Å². The highest BCUT2D eigenvalue weighted by molar-refractivity contribution is 6.00. The van der Waals surface area contributed by atoms with Crippen molar-refractivity contribution in [1.29, 1.82) is 0 Å². The fourth-order valence-electron chi connectivity index (χ4n) is 6.61. The summed E-state index contributed by atoms with van der Waals surface area (Å²) in [5.74, 6) is 0.932. The van der Waals surface area contributed by atoms with E-state index in [2.05, 4.69) is 32.7 Å². The summed E-state index contributed by atoms with van der Waals surface area (Å²) in [4.78, 5) is 36.5. The summed E-state index contributed by atoms with van der Waals surface area (Å²) in [5, 5.41) is 10.2. The zero-order valence-corrected chi connectivity index (χ0v) is 26.9. The number of hydrogen-bond acceptors (Lipinski definition) is 6. The quantitative estimate of drug-likeness (QED) is 0.290. The lowest BCUT2D eigenvalue weighted by Crippen LogP contribution is -2.52. The van der Waals surface area contributed by atoms with E-state index in [1.54, 1.807) is 19.2 Å². The van der Waals surface area contributed by atoms with E-state index in [0.29, 0.717) is 36.3 Å². The van der Waals surface area contributed by atoms with Gasteiger partial charge in [0.05, 0.1) is 36.1 Å². The number of piperidine rings is 1. The maximum atomic E-state index is 14.5. The van der Waals surface area contributed by atoms with Crippen molar-refractivity contribution in [2.45, 2.75) is 84.1 Å². The molecule has 0 aliphatic carbocycles. The van der Waals surface area contributed by atoms with Crippen LogP contribution in [0.2, 0.25) is 0 Å². The molecule has 3 atom stereocenters. The van der Waals surface area contributed by atoms with Crippen molar-refractivity contribution in [3.8, 4) is 17.3 Å². The van der Waals surface area contributed by atoms with E-state index in [9.17, 15) is 14.0 Å². The van der Waals surface area contributed by atoms with Gasteiger partial charge in [-0.25, -0.2) is 14.4 Å². The van der Waals surface area contributed by atoms with Gasteiger partial charge in [-0.3, -0.25) is 9.59 Å². The fourth-order valence-corrected chi connectivity index (χ4v) is 6.61. The van der Waals surface area contributed by atoms with Crippen molar-refractivity contribution >= 4 is 33.9 Å². The van der Waals surface area contributed by atoms with Crippen molar-refractivity contribution in [1.82, 2.24) is 35.1 Å². The average Bonchev–Trinajstić information content (AvgIpc) is 3.55. The van der Waals surface area contributed by atoms with E-state index < -0.39 is 17.6 Å². The Balaban J connectivity index is 1.41. The number of pyridine rings is 1. The molecule has 1 fully saturated rings. The van der Waals surface area contributed by atoms with Gasteiger partial charge in [-0.1, -0.05) is 33.1 Å². The van der Waals surface area contributed by atoms with Gasteiger partial charge in [-0.2, -0.15) is 0 Å². The lowest BCUT2D eigenvalue weighted by atomic mass is 9.85. The third-order valence-electron chi connectivity index (χ3n) is 9.46. The summed E-state index contributed by atoms with van der Waals surface area (Å²) in [6, 6.07) is 8.75. The third kappa shape index (κ3) is 6.02. The molecule has 10 nitrogen and oxygen atoms in total. The number of carbonyl (C=O) groups is 2. The Labute approximate surface area is 263 Å².